The first kappa shape index (κ1) is 11.8. The van der Waals surface area contributed by atoms with Crippen molar-refractivity contribution in [3.05, 3.63) is 36.9 Å². The minimum Gasteiger partial charge on any atom is -0.331 e. The van der Waals surface area contributed by atoms with E-state index in [-0.39, 0.29) is 0 Å². The molecule has 0 N–H and O–H groups in total. The van der Waals surface area contributed by atoms with Gasteiger partial charge in [-0.15, -0.1) is 0 Å². The SMILES string of the molecule is C=C(CC)c1nccn1CC/C=C\CC. The number of hydrogen-bond donors (Lipinski definition) is 0. The quantitative estimate of drug-likeness (QED) is 0.646. The number of hydrogen-bond acceptors (Lipinski definition) is 1. The molecule has 82 valence electrons. The van der Waals surface area contributed by atoms with Crippen LogP contribution in [0.4, 0.5) is 0 Å². The molecule has 1 heterocycles. The molecule has 0 spiro atoms. The number of imidazole rings is 1. The predicted molar refractivity (Wildman–Crippen MR) is 65.6 cm³/mol. The zero-order valence-electron chi connectivity index (χ0n) is 9.74. The third kappa shape index (κ3) is 3.39. The van der Waals surface area contributed by atoms with Gasteiger partial charge in [-0.2, -0.15) is 0 Å². The van der Waals surface area contributed by atoms with E-state index in [2.05, 4.69) is 42.1 Å². The van der Waals surface area contributed by atoms with E-state index in [1.54, 1.807) is 0 Å². The summed E-state index contributed by atoms with van der Waals surface area (Å²) in [6.07, 6.45) is 11.4. The monoisotopic (exact) mass is 204 g/mol. The minimum absolute atomic E-state index is 0.960. The predicted octanol–water partition coefficient (Wildman–Crippen LogP) is 3.66. The molecule has 0 atom stereocenters. The van der Waals surface area contributed by atoms with Crippen LogP contribution < -0.4 is 0 Å². The molecule has 0 amide bonds. The van der Waals surface area contributed by atoms with Gasteiger partial charge in [-0.25, -0.2) is 4.98 Å². The molecule has 1 aromatic rings. The number of rotatable bonds is 6. The highest BCUT2D eigenvalue weighted by molar-refractivity contribution is 5.56. The van der Waals surface area contributed by atoms with Gasteiger partial charge in [0.2, 0.25) is 0 Å². The van der Waals surface area contributed by atoms with Crippen molar-refractivity contribution >= 4 is 5.57 Å². The molecule has 0 fully saturated rings. The normalized spacial score (nSPS) is 11.1. The van der Waals surface area contributed by atoms with E-state index >= 15 is 0 Å². The molecule has 2 nitrogen and oxygen atoms in total. The Balaban J connectivity index is 2.57. The van der Waals surface area contributed by atoms with E-state index in [0.717, 1.165) is 37.2 Å². The lowest BCUT2D eigenvalue weighted by molar-refractivity contribution is 0.696. The highest BCUT2D eigenvalue weighted by atomic mass is 15.1. The average molecular weight is 204 g/mol. The van der Waals surface area contributed by atoms with Crippen molar-refractivity contribution in [1.82, 2.24) is 9.55 Å². The Kier molecular flexibility index (Phi) is 4.88. The summed E-state index contributed by atoms with van der Waals surface area (Å²) in [7, 11) is 0. The third-order valence-corrected chi connectivity index (χ3v) is 2.40. The van der Waals surface area contributed by atoms with Crippen molar-refractivity contribution in [3.8, 4) is 0 Å². The number of aromatic nitrogens is 2. The Hall–Kier alpha value is -1.31. The second-order valence-corrected chi connectivity index (χ2v) is 3.57. The first-order valence-electron chi connectivity index (χ1n) is 5.63. The van der Waals surface area contributed by atoms with Crippen molar-refractivity contribution in [2.75, 3.05) is 0 Å². The van der Waals surface area contributed by atoms with Crippen LogP contribution in [0, 0.1) is 0 Å². The molecule has 0 aliphatic carbocycles. The highest BCUT2D eigenvalue weighted by Gasteiger charge is 2.03. The van der Waals surface area contributed by atoms with Crippen LogP contribution in [0.15, 0.2) is 31.1 Å². The van der Waals surface area contributed by atoms with Gasteiger partial charge in [-0.1, -0.05) is 32.6 Å². The van der Waals surface area contributed by atoms with Crippen molar-refractivity contribution in [1.29, 1.82) is 0 Å². The summed E-state index contributed by atoms with van der Waals surface area (Å²) < 4.78 is 2.17. The van der Waals surface area contributed by atoms with Crippen molar-refractivity contribution in [2.45, 2.75) is 39.7 Å². The summed E-state index contributed by atoms with van der Waals surface area (Å²) in [6, 6.07) is 0. The van der Waals surface area contributed by atoms with Gasteiger partial charge in [-0.05, 0) is 24.8 Å². The number of nitrogens with zero attached hydrogens (tertiary/aromatic N) is 2. The minimum atomic E-state index is 0.960. The largest absolute Gasteiger partial charge is 0.331 e. The van der Waals surface area contributed by atoms with Crippen LogP contribution in [-0.2, 0) is 6.54 Å². The molecule has 0 saturated carbocycles. The van der Waals surface area contributed by atoms with E-state index in [9.17, 15) is 0 Å². The lowest BCUT2D eigenvalue weighted by atomic mass is 10.2. The second-order valence-electron chi connectivity index (χ2n) is 3.57. The van der Waals surface area contributed by atoms with Gasteiger partial charge in [0.25, 0.3) is 0 Å². The fraction of sp³-hybridized carbons (Fsp3) is 0.462. The summed E-state index contributed by atoms with van der Waals surface area (Å²) in [6.45, 7) is 9.27. The molecular formula is C13H20N2. The molecule has 0 bridgehead atoms. The molecule has 15 heavy (non-hydrogen) atoms. The maximum Gasteiger partial charge on any atom is 0.135 e. The number of aryl methyl sites for hydroxylation is 1. The van der Waals surface area contributed by atoms with E-state index in [1.807, 2.05) is 12.4 Å². The molecular weight excluding hydrogens is 184 g/mol. The number of allylic oxidation sites excluding steroid dienone is 3. The zero-order chi connectivity index (χ0) is 11.1. The van der Waals surface area contributed by atoms with Crippen LogP contribution >= 0.6 is 0 Å². The smallest absolute Gasteiger partial charge is 0.135 e. The first-order valence-corrected chi connectivity index (χ1v) is 5.63. The van der Waals surface area contributed by atoms with E-state index in [1.165, 1.54) is 0 Å². The molecule has 0 aliphatic rings. The molecule has 1 rings (SSSR count). The summed E-state index contributed by atoms with van der Waals surface area (Å²) in [5.74, 6) is 1.03. The van der Waals surface area contributed by atoms with Crippen LogP contribution in [0.2, 0.25) is 0 Å². The topological polar surface area (TPSA) is 17.8 Å². The molecule has 2 heteroatoms. The van der Waals surface area contributed by atoms with Crippen LogP contribution in [0.25, 0.3) is 5.57 Å². The third-order valence-electron chi connectivity index (χ3n) is 2.40. The van der Waals surface area contributed by atoms with Crippen LogP contribution in [0.1, 0.15) is 38.9 Å². The van der Waals surface area contributed by atoms with Gasteiger partial charge in [0.1, 0.15) is 5.82 Å². The Morgan fingerprint density at radius 2 is 2.27 bits per heavy atom. The lowest BCUT2D eigenvalue weighted by Crippen LogP contribution is -2.01. The lowest BCUT2D eigenvalue weighted by Gasteiger charge is -2.06. The zero-order valence-corrected chi connectivity index (χ0v) is 9.74. The molecule has 0 aromatic carbocycles. The maximum atomic E-state index is 4.33. The fourth-order valence-corrected chi connectivity index (χ4v) is 1.46. The van der Waals surface area contributed by atoms with Gasteiger partial charge in [0.05, 0.1) is 0 Å². The Morgan fingerprint density at radius 1 is 1.47 bits per heavy atom. The Bertz CT molecular complexity index is 334. The van der Waals surface area contributed by atoms with Crippen LogP contribution in [-0.4, -0.2) is 9.55 Å². The Labute approximate surface area is 92.3 Å². The van der Waals surface area contributed by atoms with Gasteiger partial charge >= 0.3 is 0 Å². The van der Waals surface area contributed by atoms with Crippen molar-refractivity contribution in [2.24, 2.45) is 0 Å². The second kappa shape index (κ2) is 6.23. The van der Waals surface area contributed by atoms with Crippen molar-refractivity contribution in [3.63, 3.8) is 0 Å². The Morgan fingerprint density at radius 3 is 2.93 bits per heavy atom. The van der Waals surface area contributed by atoms with Gasteiger partial charge in [-0.3, -0.25) is 0 Å². The highest BCUT2D eigenvalue weighted by Crippen LogP contribution is 2.13. The van der Waals surface area contributed by atoms with E-state index in [0.29, 0.717) is 0 Å². The summed E-state index contributed by atoms with van der Waals surface area (Å²) in [4.78, 5) is 4.33. The molecule has 1 aromatic heterocycles. The van der Waals surface area contributed by atoms with Crippen LogP contribution in [0.3, 0.4) is 0 Å². The molecule has 0 aliphatic heterocycles. The van der Waals surface area contributed by atoms with Crippen molar-refractivity contribution < 1.29 is 0 Å². The van der Waals surface area contributed by atoms with Gasteiger partial charge < -0.3 is 4.57 Å². The van der Waals surface area contributed by atoms with Crippen LogP contribution in [0.5, 0.6) is 0 Å². The van der Waals surface area contributed by atoms with E-state index < -0.39 is 0 Å². The first-order chi connectivity index (χ1) is 7.29. The van der Waals surface area contributed by atoms with E-state index in [4.69, 9.17) is 0 Å². The summed E-state index contributed by atoms with van der Waals surface area (Å²) in [5, 5.41) is 0. The maximum absolute atomic E-state index is 4.33. The molecule has 0 unspecified atom stereocenters. The molecule has 0 saturated heterocycles. The van der Waals surface area contributed by atoms with Gasteiger partial charge in [0, 0.05) is 18.9 Å². The summed E-state index contributed by atoms with van der Waals surface area (Å²) >= 11 is 0. The average Bonchev–Trinajstić information content (AvgIpc) is 2.71. The van der Waals surface area contributed by atoms with Gasteiger partial charge in [0.15, 0.2) is 0 Å². The standard InChI is InChI=1S/C13H20N2/c1-4-6-7-8-10-15-11-9-14-13(15)12(3)5-2/h6-7,9,11H,3-5,8,10H2,1-2H3/b7-6-. The summed E-state index contributed by atoms with van der Waals surface area (Å²) in [5.41, 5.74) is 1.11. The molecule has 0 radical (unpaired) electrons. The fourth-order valence-electron chi connectivity index (χ4n) is 1.46.